The number of carbonyl (C=O) groups is 2. The molecule has 106 valence electrons. The Balaban J connectivity index is 2.50. The molecule has 0 aliphatic rings. The molecule has 0 fully saturated rings. The van der Waals surface area contributed by atoms with Gasteiger partial charge in [0, 0.05) is 6.04 Å². The Morgan fingerprint density at radius 2 is 2.00 bits per heavy atom. The summed E-state index contributed by atoms with van der Waals surface area (Å²) in [6.07, 6.45) is 1.44. The van der Waals surface area contributed by atoms with E-state index in [-0.39, 0.29) is 18.4 Å². The molecule has 0 aliphatic carbocycles. The molecule has 0 aliphatic heterocycles. The van der Waals surface area contributed by atoms with E-state index in [0.717, 1.165) is 0 Å². The molecule has 0 bridgehead atoms. The van der Waals surface area contributed by atoms with E-state index in [9.17, 15) is 9.59 Å². The average Bonchev–Trinajstić information content (AvgIpc) is 2.80. The van der Waals surface area contributed by atoms with Crippen LogP contribution in [0.4, 0.5) is 4.79 Å². The Labute approximate surface area is 112 Å². The van der Waals surface area contributed by atoms with Crippen molar-refractivity contribution in [2.75, 3.05) is 0 Å². The molecular formula is C13H20N2O4. The van der Waals surface area contributed by atoms with Crippen LogP contribution >= 0.6 is 0 Å². The molecule has 2 atom stereocenters. The van der Waals surface area contributed by atoms with Crippen LogP contribution in [0.5, 0.6) is 0 Å². The van der Waals surface area contributed by atoms with Crippen LogP contribution in [0, 0.1) is 5.92 Å². The fourth-order valence-electron chi connectivity index (χ4n) is 1.66. The molecule has 6 nitrogen and oxygen atoms in total. The van der Waals surface area contributed by atoms with Gasteiger partial charge >= 0.3 is 12.0 Å². The number of urea groups is 1. The second-order valence-electron chi connectivity index (χ2n) is 4.80. The first-order chi connectivity index (χ1) is 8.90. The number of furan rings is 1. The zero-order valence-electron chi connectivity index (χ0n) is 11.3. The van der Waals surface area contributed by atoms with Gasteiger partial charge in [-0.15, -0.1) is 0 Å². The Bertz CT molecular complexity index is 414. The van der Waals surface area contributed by atoms with Crippen molar-refractivity contribution in [3.63, 3.8) is 0 Å². The summed E-state index contributed by atoms with van der Waals surface area (Å²) in [6.45, 7) is 5.52. The van der Waals surface area contributed by atoms with Crippen LogP contribution in [-0.4, -0.2) is 23.1 Å². The number of carbonyl (C=O) groups excluding carboxylic acids is 1. The van der Waals surface area contributed by atoms with Gasteiger partial charge in [0.25, 0.3) is 0 Å². The van der Waals surface area contributed by atoms with Gasteiger partial charge in [0.05, 0.1) is 18.7 Å². The number of aliphatic carboxylic acids is 1. The van der Waals surface area contributed by atoms with Gasteiger partial charge in [-0.1, -0.05) is 13.8 Å². The minimum absolute atomic E-state index is 0.0424. The summed E-state index contributed by atoms with van der Waals surface area (Å²) >= 11 is 0. The Morgan fingerprint density at radius 3 is 2.47 bits per heavy atom. The molecule has 2 unspecified atom stereocenters. The van der Waals surface area contributed by atoms with E-state index in [1.807, 2.05) is 13.8 Å². The second-order valence-corrected chi connectivity index (χ2v) is 4.80. The van der Waals surface area contributed by atoms with Gasteiger partial charge in [-0.05, 0) is 25.0 Å². The highest BCUT2D eigenvalue weighted by molar-refractivity contribution is 5.76. The topological polar surface area (TPSA) is 91.6 Å². The molecule has 1 aromatic rings. The summed E-state index contributed by atoms with van der Waals surface area (Å²) in [6, 6.07) is 2.44. The maximum atomic E-state index is 11.8. The Hall–Kier alpha value is -1.98. The molecule has 0 saturated heterocycles. The number of hydrogen-bond acceptors (Lipinski definition) is 3. The maximum Gasteiger partial charge on any atom is 0.315 e. The van der Waals surface area contributed by atoms with Crippen LogP contribution in [0.15, 0.2) is 22.8 Å². The number of nitrogens with one attached hydrogen (secondary N) is 2. The molecular weight excluding hydrogens is 248 g/mol. The van der Waals surface area contributed by atoms with Gasteiger partial charge < -0.3 is 20.2 Å². The fourth-order valence-corrected chi connectivity index (χ4v) is 1.66. The standard InChI is InChI=1S/C13H20N2O4/c1-8(2)10(7-12(16)17)15-13(18)14-9(3)11-5-4-6-19-11/h4-6,8-10H,7H2,1-3H3,(H,16,17)(H2,14,15,18). The molecule has 2 amide bonds. The first-order valence-electron chi connectivity index (χ1n) is 6.22. The van der Waals surface area contributed by atoms with Crippen LogP contribution in [0.3, 0.4) is 0 Å². The predicted octanol–water partition coefficient (Wildman–Crippen LogP) is 2.14. The summed E-state index contributed by atoms with van der Waals surface area (Å²) in [4.78, 5) is 22.5. The smallest absolute Gasteiger partial charge is 0.315 e. The minimum Gasteiger partial charge on any atom is -0.481 e. The Kier molecular flexibility index (Phi) is 5.41. The van der Waals surface area contributed by atoms with E-state index in [4.69, 9.17) is 9.52 Å². The largest absolute Gasteiger partial charge is 0.481 e. The van der Waals surface area contributed by atoms with Crippen LogP contribution in [0.25, 0.3) is 0 Å². The number of carboxylic acid groups (broad SMARTS) is 1. The summed E-state index contributed by atoms with van der Waals surface area (Å²) < 4.78 is 5.18. The highest BCUT2D eigenvalue weighted by Crippen LogP contribution is 2.12. The molecule has 0 radical (unpaired) electrons. The van der Waals surface area contributed by atoms with Gasteiger partial charge in [-0.25, -0.2) is 4.79 Å². The van der Waals surface area contributed by atoms with Crippen molar-refractivity contribution in [2.24, 2.45) is 5.92 Å². The van der Waals surface area contributed by atoms with E-state index in [2.05, 4.69) is 10.6 Å². The lowest BCUT2D eigenvalue weighted by Gasteiger charge is -2.22. The Morgan fingerprint density at radius 1 is 1.32 bits per heavy atom. The first kappa shape index (κ1) is 15.1. The predicted molar refractivity (Wildman–Crippen MR) is 69.7 cm³/mol. The van der Waals surface area contributed by atoms with Crippen LogP contribution in [0.2, 0.25) is 0 Å². The number of rotatable bonds is 6. The van der Waals surface area contributed by atoms with Crippen molar-refractivity contribution < 1.29 is 19.1 Å². The van der Waals surface area contributed by atoms with Gasteiger partial charge in [0.15, 0.2) is 0 Å². The van der Waals surface area contributed by atoms with E-state index >= 15 is 0 Å². The van der Waals surface area contributed by atoms with Crippen molar-refractivity contribution in [2.45, 2.75) is 39.3 Å². The first-order valence-corrected chi connectivity index (χ1v) is 6.22. The highest BCUT2D eigenvalue weighted by atomic mass is 16.4. The second kappa shape index (κ2) is 6.82. The average molecular weight is 268 g/mol. The molecule has 0 spiro atoms. The molecule has 6 heteroatoms. The number of amides is 2. The van der Waals surface area contributed by atoms with Crippen molar-refractivity contribution in [3.05, 3.63) is 24.2 Å². The summed E-state index contributed by atoms with van der Waals surface area (Å²) in [5, 5.41) is 14.2. The molecule has 1 heterocycles. The van der Waals surface area contributed by atoms with Gasteiger partial charge in [-0.3, -0.25) is 4.79 Å². The van der Waals surface area contributed by atoms with Crippen molar-refractivity contribution in [1.29, 1.82) is 0 Å². The normalized spacial score (nSPS) is 13.9. The molecule has 1 rings (SSSR count). The summed E-state index contributed by atoms with van der Waals surface area (Å²) in [5.41, 5.74) is 0. The van der Waals surface area contributed by atoms with Crippen molar-refractivity contribution >= 4 is 12.0 Å². The van der Waals surface area contributed by atoms with E-state index < -0.39 is 18.0 Å². The van der Waals surface area contributed by atoms with Crippen LogP contribution in [-0.2, 0) is 4.79 Å². The molecule has 1 aromatic heterocycles. The van der Waals surface area contributed by atoms with E-state index in [0.29, 0.717) is 5.76 Å². The lowest BCUT2D eigenvalue weighted by Crippen LogP contribution is -2.46. The van der Waals surface area contributed by atoms with Crippen LogP contribution in [0.1, 0.15) is 39.0 Å². The summed E-state index contributed by atoms with van der Waals surface area (Å²) in [5.74, 6) is -0.242. The van der Waals surface area contributed by atoms with Crippen molar-refractivity contribution in [1.82, 2.24) is 10.6 Å². The van der Waals surface area contributed by atoms with Gasteiger partial charge in [-0.2, -0.15) is 0 Å². The molecule has 19 heavy (non-hydrogen) atoms. The van der Waals surface area contributed by atoms with Gasteiger partial charge in [0.2, 0.25) is 0 Å². The van der Waals surface area contributed by atoms with Crippen molar-refractivity contribution in [3.8, 4) is 0 Å². The zero-order chi connectivity index (χ0) is 14.4. The number of hydrogen-bond donors (Lipinski definition) is 3. The number of carboxylic acids is 1. The van der Waals surface area contributed by atoms with Crippen LogP contribution < -0.4 is 10.6 Å². The quantitative estimate of drug-likeness (QED) is 0.737. The third-order valence-electron chi connectivity index (χ3n) is 2.83. The lowest BCUT2D eigenvalue weighted by atomic mass is 10.0. The van der Waals surface area contributed by atoms with E-state index in [1.54, 1.807) is 19.1 Å². The van der Waals surface area contributed by atoms with E-state index in [1.165, 1.54) is 6.26 Å². The summed E-state index contributed by atoms with van der Waals surface area (Å²) in [7, 11) is 0. The highest BCUT2D eigenvalue weighted by Gasteiger charge is 2.20. The monoisotopic (exact) mass is 268 g/mol. The molecule has 3 N–H and O–H groups in total. The zero-order valence-corrected chi connectivity index (χ0v) is 11.3. The third kappa shape index (κ3) is 5.03. The minimum atomic E-state index is -0.932. The fraction of sp³-hybridized carbons (Fsp3) is 0.538. The lowest BCUT2D eigenvalue weighted by molar-refractivity contribution is -0.137. The maximum absolute atomic E-state index is 11.8. The molecule has 0 saturated carbocycles. The van der Waals surface area contributed by atoms with Gasteiger partial charge in [0.1, 0.15) is 5.76 Å². The SMILES string of the molecule is CC(NC(=O)NC(CC(=O)O)C(C)C)c1ccco1. The third-order valence-corrected chi connectivity index (χ3v) is 2.83. The molecule has 0 aromatic carbocycles.